The van der Waals surface area contributed by atoms with Gasteiger partial charge in [-0.2, -0.15) is 0 Å². The van der Waals surface area contributed by atoms with Crippen LogP contribution in [0.15, 0.2) is 11.8 Å². The van der Waals surface area contributed by atoms with Gasteiger partial charge in [-0.1, -0.05) is 13.8 Å². The first-order valence-electron chi connectivity index (χ1n) is 7.61. The van der Waals surface area contributed by atoms with Gasteiger partial charge < -0.3 is 14.8 Å². The third-order valence-corrected chi connectivity index (χ3v) is 4.50. The monoisotopic (exact) mass is 268 g/mol. The average Bonchev–Trinajstić information content (AvgIpc) is 2.98. The molecule has 0 radical (unpaired) electrons. The fraction of sp³-hybridized carbons (Fsp3) is 0.867. The quantitative estimate of drug-likeness (QED) is 0.796. The molecule has 0 aromatic carbocycles. The summed E-state index contributed by atoms with van der Waals surface area (Å²) in [5.74, 6) is 1.14. The zero-order valence-corrected chi connectivity index (χ0v) is 12.6. The highest BCUT2D eigenvalue weighted by Gasteiger charge is 2.41. The fourth-order valence-electron chi connectivity index (χ4n) is 3.15. The highest BCUT2D eigenvalue weighted by molar-refractivity contribution is 5.16. The molecule has 0 bridgehead atoms. The van der Waals surface area contributed by atoms with E-state index in [1.165, 1.54) is 0 Å². The maximum atomic E-state index is 5.85. The zero-order valence-electron chi connectivity index (χ0n) is 12.6. The van der Waals surface area contributed by atoms with Gasteiger partial charge in [0.2, 0.25) is 0 Å². The summed E-state index contributed by atoms with van der Waals surface area (Å²) in [5.41, 5.74) is 0.0932. The summed E-state index contributed by atoms with van der Waals surface area (Å²) in [5, 5.41) is 3.64. The Morgan fingerprint density at radius 2 is 2.05 bits per heavy atom. The third kappa shape index (κ3) is 3.12. The van der Waals surface area contributed by atoms with E-state index >= 15 is 0 Å². The van der Waals surface area contributed by atoms with Crippen molar-refractivity contribution in [2.75, 3.05) is 39.5 Å². The van der Waals surface area contributed by atoms with Crippen molar-refractivity contribution in [2.24, 2.45) is 0 Å². The molecule has 2 atom stereocenters. The van der Waals surface area contributed by atoms with Crippen molar-refractivity contribution < 1.29 is 9.47 Å². The predicted molar refractivity (Wildman–Crippen MR) is 77.2 cm³/mol. The van der Waals surface area contributed by atoms with Crippen molar-refractivity contribution in [3.8, 4) is 0 Å². The van der Waals surface area contributed by atoms with Gasteiger partial charge in [0, 0.05) is 25.0 Å². The summed E-state index contributed by atoms with van der Waals surface area (Å²) in [7, 11) is 0. The molecule has 0 saturated carbocycles. The Morgan fingerprint density at radius 3 is 2.58 bits per heavy atom. The van der Waals surface area contributed by atoms with E-state index in [0.717, 1.165) is 58.1 Å². The molecule has 1 saturated heterocycles. The molecule has 1 fully saturated rings. The van der Waals surface area contributed by atoms with Crippen molar-refractivity contribution >= 4 is 0 Å². The highest BCUT2D eigenvalue weighted by Crippen LogP contribution is 2.31. The Balaban J connectivity index is 2.18. The van der Waals surface area contributed by atoms with Crippen LogP contribution in [0.5, 0.6) is 0 Å². The first-order valence-corrected chi connectivity index (χ1v) is 7.61. The second kappa shape index (κ2) is 6.73. The highest BCUT2D eigenvalue weighted by atomic mass is 16.5. The van der Waals surface area contributed by atoms with Gasteiger partial charge in [0.15, 0.2) is 0 Å². The van der Waals surface area contributed by atoms with Gasteiger partial charge in [-0.15, -0.1) is 0 Å². The summed E-state index contributed by atoms with van der Waals surface area (Å²) < 4.78 is 11.3. The van der Waals surface area contributed by atoms with Crippen molar-refractivity contribution in [3.63, 3.8) is 0 Å². The van der Waals surface area contributed by atoms with Crippen LogP contribution in [0.4, 0.5) is 0 Å². The smallest absolute Gasteiger partial charge is 0.111 e. The van der Waals surface area contributed by atoms with Crippen LogP contribution in [0.2, 0.25) is 0 Å². The largest absolute Gasteiger partial charge is 0.496 e. The fourth-order valence-corrected chi connectivity index (χ4v) is 3.15. The molecule has 0 amide bonds. The minimum atomic E-state index is 0.0932. The van der Waals surface area contributed by atoms with Gasteiger partial charge in [-0.05, 0) is 26.0 Å². The van der Waals surface area contributed by atoms with E-state index < -0.39 is 0 Å². The van der Waals surface area contributed by atoms with E-state index in [9.17, 15) is 0 Å². The van der Waals surface area contributed by atoms with Crippen LogP contribution >= 0.6 is 0 Å². The molecule has 2 unspecified atom stereocenters. The molecule has 0 aromatic rings. The lowest BCUT2D eigenvalue weighted by Crippen LogP contribution is -2.62. The molecular weight excluding hydrogens is 240 g/mol. The Morgan fingerprint density at radius 1 is 1.32 bits per heavy atom. The second-order valence-corrected chi connectivity index (χ2v) is 5.54. The minimum absolute atomic E-state index is 0.0932. The SMILES string of the molecule is CCNC(C1=CCCO1)C(C)(CC)N1CCOCC1. The number of hydrogen-bond acceptors (Lipinski definition) is 4. The standard InChI is InChI=1S/C15H28N2O2/c1-4-15(3,17-8-11-18-12-9-17)14(16-5-2)13-7-6-10-19-13/h7,14,16H,4-6,8-12H2,1-3H3. The van der Waals surface area contributed by atoms with Crippen molar-refractivity contribution in [2.45, 2.75) is 45.2 Å². The molecule has 2 rings (SSSR count). The number of ether oxygens (including phenoxy) is 2. The zero-order chi connectivity index (χ0) is 13.7. The summed E-state index contributed by atoms with van der Waals surface area (Å²) in [6.45, 7) is 12.3. The van der Waals surface area contributed by atoms with Gasteiger partial charge in [-0.3, -0.25) is 4.90 Å². The number of nitrogens with one attached hydrogen (secondary N) is 1. The Labute approximate surface area is 117 Å². The molecule has 1 N–H and O–H groups in total. The van der Waals surface area contributed by atoms with Gasteiger partial charge >= 0.3 is 0 Å². The number of hydrogen-bond donors (Lipinski definition) is 1. The normalized spacial score (nSPS) is 25.5. The summed E-state index contributed by atoms with van der Waals surface area (Å²) in [4.78, 5) is 2.56. The van der Waals surface area contributed by atoms with Crippen molar-refractivity contribution in [3.05, 3.63) is 11.8 Å². The second-order valence-electron chi connectivity index (χ2n) is 5.54. The van der Waals surface area contributed by atoms with Gasteiger partial charge in [-0.25, -0.2) is 0 Å². The van der Waals surface area contributed by atoms with Crippen LogP contribution in [0, 0.1) is 0 Å². The van der Waals surface area contributed by atoms with Crippen LogP contribution in [-0.2, 0) is 9.47 Å². The van der Waals surface area contributed by atoms with E-state index in [-0.39, 0.29) is 11.6 Å². The first kappa shape index (κ1) is 14.8. The minimum Gasteiger partial charge on any atom is -0.496 e. The van der Waals surface area contributed by atoms with Gasteiger partial charge in [0.05, 0.1) is 25.9 Å². The lowest BCUT2D eigenvalue weighted by Gasteiger charge is -2.48. The molecular formula is C15H28N2O2. The lowest BCUT2D eigenvalue weighted by atomic mass is 9.85. The molecule has 2 aliphatic rings. The van der Waals surface area contributed by atoms with Crippen molar-refractivity contribution in [1.82, 2.24) is 10.2 Å². The van der Waals surface area contributed by atoms with E-state index in [4.69, 9.17) is 9.47 Å². The molecule has 0 aliphatic carbocycles. The van der Waals surface area contributed by atoms with Crippen LogP contribution in [-0.4, -0.2) is 55.9 Å². The molecule has 4 nitrogen and oxygen atoms in total. The number of rotatable bonds is 6. The van der Waals surface area contributed by atoms with Gasteiger partial charge in [0.25, 0.3) is 0 Å². The topological polar surface area (TPSA) is 33.7 Å². The van der Waals surface area contributed by atoms with Crippen LogP contribution in [0.3, 0.4) is 0 Å². The predicted octanol–water partition coefficient (Wildman–Crippen LogP) is 1.77. The molecule has 19 heavy (non-hydrogen) atoms. The van der Waals surface area contributed by atoms with Gasteiger partial charge in [0.1, 0.15) is 5.76 Å². The Hall–Kier alpha value is -0.580. The number of likely N-dealkylation sites (N-methyl/N-ethyl adjacent to an activating group) is 1. The molecule has 2 aliphatic heterocycles. The summed E-state index contributed by atoms with van der Waals surface area (Å²) in [6.07, 6.45) is 4.40. The third-order valence-electron chi connectivity index (χ3n) is 4.50. The average molecular weight is 268 g/mol. The van der Waals surface area contributed by atoms with Crippen LogP contribution < -0.4 is 5.32 Å². The van der Waals surface area contributed by atoms with E-state index in [1.807, 2.05) is 0 Å². The molecule has 0 spiro atoms. The summed E-state index contributed by atoms with van der Waals surface area (Å²) in [6, 6.07) is 0.281. The van der Waals surface area contributed by atoms with E-state index in [1.54, 1.807) is 0 Å². The molecule has 110 valence electrons. The van der Waals surface area contributed by atoms with Crippen molar-refractivity contribution in [1.29, 1.82) is 0 Å². The lowest BCUT2D eigenvalue weighted by molar-refractivity contribution is -0.0335. The Bertz CT molecular complexity index is 313. The van der Waals surface area contributed by atoms with E-state index in [0.29, 0.717) is 0 Å². The first-order chi connectivity index (χ1) is 9.22. The van der Waals surface area contributed by atoms with Crippen LogP contribution in [0.25, 0.3) is 0 Å². The maximum Gasteiger partial charge on any atom is 0.111 e. The summed E-state index contributed by atoms with van der Waals surface area (Å²) >= 11 is 0. The van der Waals surface area contributed by atoms with E-state index in [2.05, 4.69) is 37.1 Å². The van der Waals surface area contributed by atoms with Crippen LogP contribution in [0.1, 0.15) is 33.6 Å². The number of morpholine rings is 1. The molecule has 0 aromatic heterocycles. The molecule has 2 heterocycles. The maximum absolute atomic E-state index is 5.85. The molecule has 4 heteroatoms. The Kier molecular flexibility index (Phi) is 5.25. The number of nitrogens with zero attached hydrogens (tertiary/aromatic N) is 1.